The molecule has 0 aromatic carbocycles. The Labute approximate surface area is 121 Å². The maximum Gasteiger partial charge on any atom is 0.252 e. The molecule has 0 aliphatic carbocycles. The fraction of sp³-hybridized carbons (Fsp3) is 0.133. The zero-order valence-electron chi connectivity index (χ0n) is 11.6. The van der Waals surface area contributed by atoms with Crippen LogP contribution in [-0.2, 0) is 6.54 Å². The molecule has 106 valence electrons. The Bertz CT molecular complexity index is 809. The van der Waals surface area contributed by atoms with Gasteiger partial charge in [-0.25, -0.2) is 4.98 Å². The molecule has 0 unspecified atom stereocenters. The van der Waals surface area contributed by atoms with Crippen molar-refractivity contribution >= 4 is 17.2 Å². The summed E-state index contributed by atoms with van der Waals surface area (Å²) >= 11 is 0. The number of carbonyl (C=O) groups excluding carboxylic acids is 1. The Morgan fingerprint density at radius 2 is 2.24 bits per heavy atom. The number of hydrogen-bond donors (Lipinski definition) is 2. The molecule has 0 saturated carbocycles. The summed E-state index contributed by atoms with van der Waals surface area (Å²) in [7, 11) is 0. The third-order valence-corrected chi connectivity index (χ3v) is 3.29. The number of nitrogens with two attached hydrogens (primary N) is 1. The van der Waals surface area contributed by atoms with Crippen molar-refractivity contribution in [3.63, 3.8) is 0 Å². The topological polar surface area (TPSA) is 85.3 Å². The number of nitrogens with one attached hydrogen (secondary N) is 1. The number of aromatic nitrogens is 3. The van der Waals surface area contributed by atoms with Gasteiger partial charge < -0.3 is 15.5 Å². The lowest BCUT2D eigenvalue weighted by Gasteiger charge is -2.07. The van der Waals surface area contributed by atoms with Crippen molar-refractivity contribution in [2.24, 2.45) is 5.73 Å². The number of rotatable bonds is 4. The van der Waals surface area contributed by atoms with Crippen molar-refractivity contribution in [2.45, 2.75) is 13.5 Å². The standard InChI is InChI=1S/C15H15N5O/c1-10-3-2-4-14-19-11(9-20(10)14)7-18-13-5-6-17-8-12(13)15(16)21/h2-6,8-9H,7H2,1H3,(H2,16,21)(H,17,18). The number of fused-ring (bicyclic) bond motifs is 1. The van der Waals surface area contributed by atoms with Crippen LogP contribution in [0.2, 0.25) is 0 Å². The number of nitrogens with zero attached hydrogens (tertiary/aromatic N) is 3. The number of carbonyl (C=O) groups is 1. The molecule has 0 spiro atoms. The van der Waals surface area contributed by atoms with Crippen LogP contribution < -0.4 is 11.1 Å². The number of aryl methyl sites for hydroxylation is 1. The molecule has 0 fully saturated rings. The van der Waals surface area contributed by atoms with E-state index >= 15 is 0 Å². The van der Waals surface area contributed by atoms with Gasteiger partial charge in [0.1, 0.15) is 5.65 Å². The van der Waals surface area contributed by atoms with Crippen LogP contribution in [0, 0.1) is 6.92 Å². The first-order valence-corrected chi connectivity index (χ1v) is 6.56. The highest BCUT2D eigenvalue weighted by Crippen LogP contribution is 2.15. The molecule has 0 atom stereocenters. The molecule has 3 aromatic heterocycles. The summed E-state index contributed by atoms with van der Waals surface area (Å²) in [4.78, 5) is 19.8. The van der Waals surface area contributed by atoms with Gasteiger partial charge >= 0.3 is 0 Å². The summed E-state index contributed by atoms with van der Waals surface area (Å²) in [6, 6.07) is 7.68. The zero-order valence-corrected chi connectivity index (χ0v) is 11.6. The van der Waals surface area contributed by atoms with Gasteiger partial charge in [0.15, 0.2) is 0 Å². The Morgan fingerprint density at radius 1 is 1.38 bits per heavy atom. The highest BCUT2D eigenvalue weighted by atomic mass is 16.1. The Balaban J connectivity index is 1.84. The lowest BCUT2D eigenvalue weighted by Crippen LogP contribution is -2.14. The largest absolute Gasteiger partial charge is 0.379 e. The first-order chi connectivity index (χ1) is 10.1. The Hall–Kier alpha value is -2.89. The molecule has 0 radical (unpaired) electrons. The zero-order chi connectivity index (χ0) is 14.8. The molecular weight excluding hydrogens is 266 g/mol. The molecule has 21 heavy (non-hydrogen) atoms. The maximum absolute atomic E-state index is 11.3. The SMILES string of the molecule is Cc1cccc2nc(CNc3ccncc3C(N)=O)cn12. The van der Waals surface area contributed by atoms with Crippen molar-refractivity contribution < 1.29 is 4.79 Å². The van der Waals surface area contributed by atoms with E-state index in [4.69, 9.17) is 5.73 Å². The third kappa shape index (κ3) is 2.55. The smallest absolute Gasteiger partial charge is 0.252 e. The summed E-state index contributed by atoms with van der Waals surface area (Å²) in [5, 5.41) is 3.17. The average Bonchev–Trinajstić information content (AvgIpc) is 2.90. The van der Waals surface area contributed by atoms with Crippen molar-refractivity contribution in [2.75, 3.05) is 5.32 Å². The van der Waals surface area contributed by atoms with Crippen LogP contribution in [0.15, 0.2) is 42.9 Å². The van der Waals surface area contributed by atoms with E-state index in [0.717, 1.165) is 17.0 Å². The van der Waals surface area contributed by atoms with Crippen LogP contribution in [-0.4, -0.2) is 20.3 Å². The van der Waals surface area contributed by atoms with Gasteiger partial charge in [-0.1, -0.05) is 6.07 Å². The number of primary amides is 1. The van der Waals surface area contributed by atoms with Crippen molar-refractivity contribution in [3.05, 3.63) is 59.8 Å². The van der Waals surface area contributed by atoms with Gasteiger partial charge in [-0.05, 0) is 25.1 Å². The van der Waals surface area contributed by atoms with E-state index < -0.39 is 5.91 Å². The molecule has 0 saturated heterocycles. The minimum absolute atomic E-state index is 0.373. The summed E-state index contributed by atoms with van der Waals surface area (Å²) in [6.45, 7) is 2.53. The van der Waals surface area contributed by atoms with Crippen LogP contribution in [0.3, 0.4) is 0 Å². The number of hydrogen-bond acceptors (Lipinski definition) is 4. The maximum atomic E-state index is 11.3. The van der Waals surface area contributed by atoms with Crippen LogP contribution in [0.1, 0.15) is 21.7 Å². The first-order valence-electron chi connectivity index (χ1n) is 6.56. The summed E-state index contributed by atoms with van der Waals surface area (Å²) in [6.07, 6.45) is 5.05. The number of amides is 1. The molecular formula is C15H15N5O. The van der Waals surface area contributed by atoms with Crippen LogP contribution in [0.25, 0.3) is 5.65 Å². The Kier molecular flexibility index (Phi) is 3.27. The minimum Gasteiger partial charge on any atom is -0.379 e. The Morgan fingerprint density at radius 3 is 3.00 bits per heavy atom. The van der Waals surface area contributed by atoms with E-state index in [9.17, 15) is 4.79 Å². The predicted molar refractivity (Wildman–Crippen MR) is 80.0 cm³/mol. The van der Waals surface area contributed by atoms with E-state index in [0.29, 0.717) is 17.8 Å². The van der Waals surface area contributed by atoms with Crippen molar-refractivity contribution in [1.82, 2.24) is 14.4 Å². The molecule has 3 heterocycles. The van der Waals surface area contributed by atoms with E-state index in [1.165, 1.54) is 6.20 Å². The van der Waals surface area contributed by atoms with E-state index in [1.807, 2.05) is 35.7 Å². The highest BCUT2D eigenvalue weighted by Gasteiger charge is 2.08. The summed E-state index contributed by atoms with van der Waals surface area (Å²) < 4.78 is 2.03. The normalized spacial score (nSPS) is 10.7. The second-order valence-electron chi connectivity index (χ2n) is 4.77. The molecule has 6 nitrogen and oxygen atoms in total. The molecule has 0 aliphatic heterocycles. The van der Waals surface area contributed by atoms with E-state index in [1.54, 1.807) is 12.3 Å². The van der Waals surface area contributed by atoms with E-state index in [2.05, 4.69) is 15.3 Å². The molecule has 3 rings (SSSR count). The van der Waals surface area contributed by atoms with Crippen LogP contribution >= 0.6 is 0 Å². The van der Waals surface area contributed by atoms with Crippen LogP contribution in [0.5, 0.6) is 0 Å². The fourth-order valence-corrected chi connectivity index (χ4v) is 2.21. The van der Waals surface area contributed by atoms with Gasteiger partial charge in [0.05, 0.1) is 23.5 Å². The predicted octanol–water partition coefficient (Wildman–Crippen LogP) is 1.75. The quantitative estimate of drug-likeness (QED) is 0.763. The molecule has 6 heteroatoms. The first kappa shape index (κ1) is 13.1. The monoisotopic (exact) mass is 281 g/mol. The van der Waals surface area contributed by atoms with Gasteiger partial charge in [-0.3, -0.25) is 9.78 Å². The van der Waals surface area contributed by atoms with Gasteiger partial charge in [0, 0.05) is 24.3 Å². The summed E-state index contributed by atoms with van der Waals surface area (Å²) in [5.41, 5.74) is 9.26. The van der Waals surface area contributed by atoms with E-state index in [-0.39, 0.29) is 0 Å². The second-order valence-corrected chi connectivity index (χ2v) is 4.77. The van der Waals surface area contributed by atoms with Gasteiger partial charge in [-0.2, -0.15) is 0 Å². The number of pyridine rings is 2. The highest BCUT2D eigenvalue weighted by molar-refractivity contribution is 5.98. The summed E-state index contributed by atoms with van der Waals surface area (Å²) in [5.74, 6) is -0.503. The third-order valence-electron chi connectivity index (χ3n) is 3.29. The molecule has 0 bridgehead atoms. The van der Waals surface area contributed by atoms with Crippen LogP contribution in [0.4, 0.5) is 5.69 Å². The average molecular weight is 281 g/mol. The molecule has 3 N–H and O–H groups in total. The minimum atomic E-state index is -0.503. The van der Waals surface area contributed by atoms with Gasteiger partial charge in [-0.15, -0.1) is 0 Å². The van der Waals surface area contributed by atoms with Crippen molar-refractivity contribution in [1.29, 1.82) is 0 Å². The van der Waals surface area contributed by atoms with Crippen molar-refractivity contribution in [3.8, 4) is 0 Å². The number of imidazole rings is 1. The van der Waals surface area contributed by atoms with Gasteiger partial charge in [0.25, 0.3) is 5.91 Å². The molecule has 1 amide bonds. The molecule has 3 aromatic rings. The lowest BCUT2D eigenvalue weighted by molar-refractivity contribution is 0.100. The fourth-order valence-electron chi connectivity index (χ4n) is 2.21. The number of anilines is 1. The van der Waals surface area contributed by atoms with Gasteiger partial charge in [0.2, 0.25) is 0 Å². The lowest BCUT2D eigenvalue weighted by atomic mass is 10.2. The second kappa shape index (κ2) is 5.24. The molecule has 0 aliphatic rings.